The molecule has 3 rings (SSSR count). The highest BCUT2D eigenvalue weighted by molar-refractivity contribution is 7.99. The van der Waals surface area contributed by atoms with E-state index < -0.39 is 5.41 Å². The summed E-state index contributed by atoms with van der Waals surface area (Å²) in [7, 11) is 0. The second-order valence-electron chi connectivity index (χ2n) is 7.56. The first-order valence-electron chi connectivity index (χ1n) is 8.76. The van der Waals surface area contributed by atoms with E-state index in [4.69, 9.17) is 0 Å². The number of imidazole rings is 1. The van der Waals surface area contributed by atoms with Crippen molar-refractivity contribution in [2.24, 2.45) is 5.41 Å². The van der Waals surface area contributed by atoms with Gasteiger partial charge in [0.25, 0.3) is 0 Å². The molecule has 0 fully saturated rings. The number of fused-ring (bicyclic) bond motifs is 1. The molecule has 0 bridgehead atoms. The molecule has 0 atom stereocenters. The molecule has 0 saturated heterocycles. The van der Waals surface area contributed by atoms with Crippen LogP contribution in [0.2, 0.25) is 0 Å². The molecule has 5 nitrogen and oxygen atoms in total. The second kappa shape index (κ2) is 7.56. The highest BCUT2D eigenvalue weighted by Gasteiger charge is 2.21. The van der Waals surface area contributed by atoms with Crippen LogP contribution in [-0.2, 0) is 4.79 Å². The minimum absolute atomic E-state index is 0.0188. The monoisotopic (exact) mass is 381 g/mol. The average Bonchev–Trinajstić information content (AvgIpc) is 3.01. The van der Waals surface area contributed by atoms with Crippen molar-refractivity contribution in [1.29, 1.82) is 0 Å². The molecule has 1 heterocycles. The van der Waals surface area contributed by atoms with Crippen LogP contribution in [-0.4, -0.2) is 27.4 Å². The van der Waals surface area contributed by atoms with Crippen molar-refractivity contribution in [2.75, 3.05) is 11.1 Å². The summed E-state index contributed by atoms with van der Waals surface area (Å²) in [5.74, 6) is 0.259. The molecule has 6 heteroatoms. The molecule has 0 saturated carbocycles. The second-order valence-corrected chi connectivity index (χ2v) is 8.52. The van der Waals surface area contributed by atoms with Crippen LogP contribution in [0.3, 0.4) is 0 Å². The maximum atomic E-state index is 12.4. The number of ketones is 1. The first-order valence-corrected chi connectivity index (χ1v) is 9.75. The van der Waals surface area contributed by atoms with Gasteiger partial charge in [0.15, 0.2) is 10.9 Å². The lowest BCUT2D eigenvalue weighted by Gasteiger charge is -2.17. The molecule has 2 aromatic carbocycles. The van der Waals surface area contributed by atoms with Crippen molar-refractivity contribution in [3.63, 3.8) is 0 Å². The van der Waals surface area contributed by atoms with Gasteiger partial charge >= 0.3 is 0 Å². The van der Waals surface area contributed by atoms with Crippen LogP contribution in [0.5, 0.6) is 0 Å². The van der Waals surface area contributed by atoms with Crippen molar-refractivity contribution in [3.8, 4) is 0 Å². The third-order valence-corrected chi connectivity index (χ3v) is 4.97. The maximum absolute atomic E-state index is 12.4. The van der Waals surface area contributed by atoms with Gasteiger partial charge < -0.3 is 10.3 Å². The zero-order chi connectivity index (χ0) is 19.6. The van der Waals surface area contributed by atoms with Crippen LogP contribution in [0, 0.1) is 12.3 Å². The quantitative estimate of drug-likeness (QED) is 0.490. The summed E-state index contributed by atoms with van der Waals surface area (Å²) in [6.45, 7) is 7.61. The highest BCUT2D eigenvalue weighted by atomic mass is 32.2. The predicted molar refractivity (Wildman–Crippen MR) is 110 cm³/mol. The zero-order valence-electron chi connectivity index (χ0n) is 15.9. The van der Waals surface area contributed by atoms with Gasteiger partial charge in [0.2, 0.25) is 5.91 Å². The maximum Gasteiger partial charge on any atom is 0.229 e. The number of amides is 1. The number of nitrogens with one attached hydrogen (secondary N) is 2. The summed E-state index contributed by atoms with van der Waals surface area (Å²) in [5.41, 5.74) is 3.88. The normalized spacial score (nSPS) is 11.6. The van der Waals surface area contributed by atoms with Crippen molar-refractivity contribution in [3.05, 3.63) is 53.6 Å². The molecule has 0 spiro atoms. The fourth-order valence-corrected chi connectivity index (χ4v) is 3.22. The lowest BCUT2D eigenvalue weighted by atomic mass is 9.95. The summed E-state index contributed by atoms with van der Waals surface area (Å²) >= 11 is 1.39. The first kappa shape index (κ1) is 19.2. The number of aromatic nitrogens is 2. The van der Waals surface area contributed by atoms with Gasteiger partial charge in [-0.05, 0) is 48.9 Å². The Morgan fingerprint density at radius 3 is 2.48 bits per heavy atom. The standard InChI is InChI=1S/C21H23N3O2S/c1-13-5-10-16-17(11-13)24-20(23-16)27-12-18(25)14-6-8-15(9-7-14)22-19(26)21(2,3)4/h5-11H,12H2,1-4H3,(H,22,26)(H,23,24). The number of anilines is 1. The highest BCUT2D eigenvalue weighted by Crippen LogP contribution is 2.22. The number of aryl methyl sites for hydroxylation is 1. The minimum atomic E-state index is -0.462. The Morgan fingerprint density at radius 1 is 1.11 bits per heavy atom. The van der Waals surface area contributed by atoms with Crippen LogP contribution >= 0.6 is 11.8 Å². The van der Waals surface area contributed by atoms with Crippen LogP contribution in [0.25, 0.3) is 11.0 Å². The van der Waals surface area contributed by atoms with Crippen molar-refractivity contribution >= 4 is 40.2 Å². The Bertz CT molecular complexity index is 985. The van der Waals surface area contributed by atoms with E-state index >= 15 is 0 Å². The van der Waals surface area contributed by atoms with Crippen LogP contribution in [0.1, 0.15) is 36.7 Å². The van der Waals surface area contributed by atoms with Gasteiger partial charge in [-0.15, -0.1) is 0 Å². The molecule has 1 amide bonds. The van der Waals surface area contributed by atoms with Gasteiger partial charge in [-0.1, -0.05) is 38.6 Å². The summed E-state index contributed by atoms with van der Waals surface area (Å²) in [4.78, 5) is 32.2. The first-order chi connectivity index (χ1) is 12.7. The molecule has 0 aliphatic carbocycles. The van der Waals surface area contributed by atoms with Crippen LogP contribution in [0.15, 0.2) is 47.6 Å². The van der Waals surface area contributed by atoms with E-state index in [1.54, 1.807) is 24.3 Å². The van der Waals surface area contributed by atoms with Gasteiger partial charge in [0.1, 0.15) is 0 Å². The Balaban J connectivity index is 1.61. The van der Waals surface area contributed by atoms with Crippen molar-refractivity contribution in [1.82, 2.24) is 9.97 Å². The number of H-pyrrole nitrogens is 1. The fourth-order valence-electron chi connectivity index (χ4n) is 2.44. The molecule has 0 radical (unpaired) electrons. The van der Waals surface area contributed by atoms with Crippen molar-refractivity contribution < 1.29 is 9.59 Å². The summed E-state index contributed by atoms with van der Waals surface area (Å²) in [6, 6.07) is 13.0. The van der Waals surface area contributed by atoms with E-state index in [9.17, 15) is 9.59 Å². The third kappa shape index (κ3) is 4.77. The number of hydrogen-bond acceptors (Lipinski definition) is 4. The molecule has 140 valence electrons. The van der Waals surface area contributed by atoms with Gasteiger partial charge in [0, 0.05) is 16.7 Å². The number of carbonyl (C=O) groups is 2. The number of aromatic amines is 1. The van der Waals surface area contributed by atoms with E-state index in [2.05, 4.69) is 15.3 Å². The summed E-state index contributed by atoms with van der Waals surface area (Å²) in [6.07, 6.45) is 0. The van der Waals surface area contributed by atoms with Gasteiger partial charge in [-0.3, -0.25) is 9.59 Å². The molecule has 3 aromatic rings. The van der Waals surface area contributed by atoms with Crippen LogP contribution in [0.4, 0.5) is 5.69 Å². The number of benzene rings is 2. The zero-order valence-corrected chi connectivity index (χ0v) is 16.7. The summed E-state index contributed by atoms with van der Waals surface area (Å²) in [5, 5.41) is 3.59. The molecular formula is C21H23N3O2S. The summed E-state index contributed by atoms with van der Waals surface area (Å²) < 4.78 is 0. The SMILES string of the molecule is Cc1ccc2nc(SCC(=O)c3ccc(NC(=O)C(C)(C)C)cc3)[nH]c2c1. The number of Topliss-reactive ketones (excluding diaryl/α,β-unsaturated/α-hetero) is 1. The van der Waals surface area contributed by atoms with Crippen LogP contribution < -0.4 is 5.32 Å². The molecule has 0 aliphatic rings. The molecule has 1 aromatic heterocycles. The smallest absolute Gasteiger partial charge is 0.229 e. The van der Waals surface area contributed by atoms with E-state index in [1.807, 2.05) is 45.9 Å². The largest absolute Gasteiger partial charge is 0.333 e. The number of thioether (sulfide) groups is 1. The van der Waals surface area contributed by atoms with Crippen molar-refractivity contribution in [2.45, 2.75) is 32.9 Å². The number of nitrogens with zero attached hydrogens (tertiary/aromatic N) is 1. The number of carbonyl (C=O) groups excluding carboxylic acids is 2. The van der Waals surface area contributed by atoms with Gasteiger partial charge in [0.05, 0.1) is 16.8 Å². The minimum Gasteiger partial charge on any atom is -0.333 e. The lowest BCUT2D eigenvalue weighted by Crippen LogP contribution is -2.27. The van der Waals surface area contributed by atoms with E-state index in [-0.39, 0.29) is 11.7 Å². The number of rotatable bonds is 5. The lowest BCUT2D eigenvalue weighted by molar-refractivity contribution is -0.123. The van der Waals surface area contributed by atoms with E-state index in [1.165, 1.54) is 11.8 Å². The average molecular weight is 382 g/mol. The Labute approximate surface area is 163 Å². The Hall–Kier alpha value is -2.60. The number of hydrogen-bond donors (Lipinski definition) is 2. The molecule has 27 heavy (non-hydrogen) atoms. The topological polar surface area (TPSA) is 74.8 Å². The predicted octanol–water partition coefficient (Wildman–Crippen LogP) is 4.83. The molecule has 2 N–H and O–H groups in total. The van der Waals surface area contributed by atoms with E-state index in [0.29, 0.717) is 17.0 Å². The van der Waals surface area contributed by atoms with Gasteiger partial charge in [-0.2, -0.15) is 0 Å². The van der Waals surface area contributed by atoms with Gasteiger partial charge in [-0.25, -0.2) is 4.98 Å². The fraction of sp³-hybridized carbons (Fsp3) is 0.286. The van der Waals surface area contributed by atoms with E-state index in [0.717, 1.165) is 21.8 Å². The molecule has 0 aliphatic heterocycles. The molecular weight excluding hydrogens is 358 g/mol. The Morgan fingerprint density at radius 2 is 1.81 bits per heavy atom. The Kier molecular flexibility index (Phi) is 5.37. The third-order valence-electron chi connectivity index (χ3n) is 4.10. The molecule has 0 unspecified atom stereocenters.